The van der Waals surface area contributed by atoms with E-state index in [2.05, 4.69) is 10.1 Å². The van der Waals surface area contributed by atoms with E-state index in [-0.39, 0.29) is 17.9 Å². The van der Waals surface area contributed by atoms with Crippen molar-refractivity contribution in [3.05, 3.63) is 0 Å². The smallest absolute Gasteiger partial charge is 0.404 e. The molecule has 6 heteroatoms. The van der Waals surface area contributed by atoms with Crippen LogP contribution in [0.15, 0.2) is 0 Å². The zero-order chi connectivity index (χ0) is 13.4. The fourth-order valence-electron chi connectivity index (χ4n) is 2.50. The number of hydrogen-bond donors (Lipinski definition) is 3. The van der Waals surface area contributed by atoms with Crippen molar-refractivity contribution in [3.63, 3.8) is 0 Å². The molecule has 0 bridgehead atoms. The van der Waals surface area contributed by atoms with Crippen LogP contribution in [-0.4, -0.2) is 31.7 Å². The molecule has 2 amide bonds. The van der Waals surface area contributed by atoms with Crippen LogP contribution in [0.25, 0.3) is 0 Å². The van der Waals surface area contributed by atoms with E-state index in [1.165, 1.54) is 6.42 Å². The Morgan fingerprint density at radius 1 is 1.22 bits per heavy atom. The third kappa shape index (κ3) is 4.91. The summed E-state index contributed by atoms with van der Waals surface area (Å²) in [7, 11) is 0. The van der Waals surface area contributed by atoms with Crippen LogP contribution in [0, 0.1) is 5.41 Å². The highest BCUT2D eigenvalue weighted by molar-refractivity contribution is 5.76. The summed E-state index contributed by atoms with van der Waals surface area (Å²) in [5, 5.41) is 2.72. The third-order valence-electron chi connectivity index (χ3n) is 3.55. The molecule has 0 aromatic carbocycles. The number of amides is 2. The van der Waals surface area contributed by atoms with Crippen LogP contribution in [0.1, 0.15) is 38.5 Å². The molecule has 0 aromatic rings. The minimum absolute atomic E-state index is 0.0320. The van der Waals surface area contributed by atoms with Crippen molar-refractivity contribution in [2.75, 3.05) is 19.7 Å². The molecule has 0 heterocycles. The van der Waals surface area contributed by atoms with Gasteiger partial charge in [0, 0.05) is 6.42 Å². The first-order chi connectivity index (χ1) is 8.58. The SMILES string of the molecule is NCC1(CC(=O)NCCOC(N)=O)CCCCC1. The standard InChI is InChI=1S/C12H23N3O3/c13-9-12(4-2-1-3-5-12)8-10(16)15-6-7-18-11(14)17/h1-9,13H2,(H2,14,17)(H,15,16). The maximum atomic E-state index is 11.8. The molecule has 0 radical (unpaired) electrons. The van der Waals surface area contributed by atoms with Gasteiger partial charge in [0.15, 0.2) is 0 Å². The topological polar surface area (TPSA) is 107 Å². The van der Waals surface area contributed by atoms with Gasteiger partial charge in [-0.1, -0.05) is 19.3 Å². The van der Waals surface area contributed by atoms with Crippen LogP contribution in [0.2, 0.25) is 0 Å². The summed E-state index contributed by atoms with van der Waals surface area (Å²) in [5.41, 5.74) is 10.6. The van der Waals surface area contributed by atoms with Crippen LogP contribution in [0.4, 0.5) is 4.79 Å². The largest absolute Gasteiger partial charge is 0.448 e. The zero-order valence-corrected chi connectivity index (χ0v) is 10.7. The lowest BCUT2D eigenvalue weighted by atomic mass is 9.72. The molecular formula is C12H23N3O3. The number of nitrogens with one attached hydrogen (secondary N) is 1. The number of ether oxygens (including phenoxy) is 1. The molecule has 1 aliphatic carbocycles. The molecular weight excluding hydrogens is 234 g/mol. The number of carbonyl (C=O) groups excluding carboxylic acids is 2. The van der Waals surface area contributed by atoms with E-state index in [0.717, 1.165) is 25.7 Å². The highest BCUT2D eigenvalue weighted by Gasteiger charge is 2.32. The normalized spacial score (nSPS) is 18.1. The van der Waals surface area contributed by atoms with Crippen LogP contribution in [0.5, 0.6) is 0 Å². The van der Waals surface area contributed by atoms with Gasteiger partial charge < -0.3 is 21.5 Å². The van der Waals surface area contributed by atoms with Crippen molar-refractivity contribution >= 4 is 12.0 Å². The van der Waals surface area contributed by atoms with Gasteiger partial charge in [0.1, 0.15) is 6.61 Å². The van der Waals surface area contributed by atoms with Crippen molar-refractivity contribution < 1.29 is 14.3 Å². The molecule has 0 spiro atoms. The number of rotatable bonds is 6. The second-order valence-corrected chi connectivity index (χ2v) is 4.96. The highest BCUT2D eigenvalue weighted by Crippen LogP contribution is 2.38. The monoisotopic (exact) mass is 257 g/mol. The number of primary amides is 1. The van der Waals surface area contributed by atoms with Crippen molar-refractivity contribution in [1.82, 2.24) is 5.32 Å². The summed E-state index contributed by atoms with van der Waals surface area (Å²) >= 11 is 0. The molecule has 1 fully saturated rings. The van der Waals surface area contributed by atoms with Gasteiger partial charge in [0.05, 0.1) is 6.54 Å². The van der Waals surface area contributed by atoms with Gasteiger partial charge in [-0.3, -0.25) is 4.79 Å². The van der Waals surface area contributed by atoms with Gasteiger partial charge in [0.25, 0.3) is 0 Å². The van der Waals surface area contributed by atoms with Gasteiger partial charge in [-0.05, 0) is 24.8 Å². The van der Waals surface area contributed by atoms with Gasteiger partial charge in [-0.2, -0.15) is 0 Å². The van der Waals surface area contributed by atoms with E-state index in [4.69, 9.17) is 11.5 Å². The molecule has 0 saturated heterocycles. The Kier molecular flexibility index (Phi) is 5.91. The Morgan fingerprint density at radius 3 is 2.44 bits per heavy atom. The Hall–Kier alpha value is -1.30. The zero-order valence-electron chi connectivity index (χ0n) is 10.7. The first-order valence-corrected chi connectivity index (χ1v) is 6.47. The fraction of sp³-hybridized carbons (Fsp3) is 0.833. The Morgan fingerprint density at radius 2 is 1.89 bits per heavy atom. The van der Waals surface area contributed by atoms with Crippen LogP contribution in [-0.2, 0) is 9.53 Å². The summed E-state index contributed by atoms with van der Waals surface area (Å²) < 4.78 is 4.53. The predicted molar refractivity (Wildman–Crippen MR) is 67.7 cm³/mol. The van der Waals surface area contributed by atoms with Crippen LogP contribution < -0.4 is 16.8 Å². The molecule has 0 aliphatic heterocycles. The average Bonchev–Trinajstić information content (AvgIpc) is 2.35. The maximum Gasteiger partial charge on any atom is 0.404 e. The Labute approximate surface area is 107 Å². The minimum Gasteiger partial charge on any atom is -0.448 e. The summed E-state index contributed by atoms with van der Waals surface area (Å²) in [6.45, 7) is 0.956. The molecule has 0 unspecified atom stereocenters. The molecule has 1 rings (SSSR count). The van der Waals surface area contributed by atoms with Crippen molar-refractivity contribution in [2.45, 2.75) is 38.5 Å². The number of nitrogens with two attached hydrogens (primary N) is 2. The van der Waals surface area contributed by atoms with Crippen LogP contribution in [0.3, 0.4) is 0 Å². The summed E-state index contributed by atoms with van der Waals surface area (Å²) in [6, 6.07) is 0. The Balaban J connectivity index is 2.26. The van der Waals surface area contributed by atoms with E-state index < -0.39 is 6.09 Å². The minimum atomic E-state index is -0.824. The van der Waals surface area contributed by atoms with Gasteiger partial charge >= 0.3 is 6.09 Å². The summed E-state index contributed by atoms with van der Waals surface area (Å²) in [4.78, 5) is 22.1. The summed E-state index contributed by atoms with van der Waals surface area (Å²) in [5.74, 6) is -0.0320. The molecule has 18 heavy (non-hydrogen) atoms. The van der Waals surface area contributed by atoms with E-state index in [1.54, 1.807) is 0 Å². The average molecular weight is 257 g/mol. The lowest BCUT2D eigenvalue weighted by Crippen LogP contribution is -2.39. The molecule has 0 atom stereocenters. The van der Waals surface area contributed by atoms with Gasteiger partial charge in [-0.15, -0.1) is 0 Å². The van der Waals surface area contributed by atoms with E-state index in [9.17, 15) is 9.59 Å². The summed E-state index contributed by atoms with van der Waals surface area (Å²) in [6.07, 6.45) is 5.21. The van der Waals surface area contributed by atoms with E-state index in [0.29, 0.717) is 19.5 Å². The van der Waals surface area contributed by atoms with E-state index >= 15 is 0 Å². The lowest BCUT2D eigenvalue weighted by Gasteiger charge is -2.35. The molecule has 0 aromatic heterocycles. The first kappa shape index (κ1) is 14.8. The lowest BCUT2D eigenvalue weighted by molar-refractivity contribution is -0.124. The Bertz CT molecular complexity index is 288. The van der Waals surface area contributed by atoms with Gasteiger partial charge in [-0.25, -0.2) is 4.79 Å². The quantitative estimate of drug-likeness (QED) is 0.602. The molecule has 1 aliphatic rings. The molecule has 5 N–H and O–H groups in total. The maximum absolute atomic E-state index is 11.8. The number of hydrogen-bond acceptors (Lipinski definition) is 4. The van der Waals surface area contributed by atoms with Crippen molar-refractivity contribution in [1.29, 1.82) is 0 Å². The molecule has 1 saturated carbocycles. The second kappa shape index (κ2) is 7.20. The molecule has 104 valence electrons. The van der Waals surface area contributed by atoms with Gasteiger partial charge in [0.2, 0.25) is 5.91 Å². The van der Waals surface area contributed by atoms with E-state index in [1.807, 2.05) is 0 Å². The fourth-order valence-corrected chi connectivity index (χ4v) is 2.50. The highest BCUT2D eigenvalue weighted by atomic mass is 16.5. The predicted octanol–water partition coefficient (Wildman–Crippen LogP) is 0.497. The van der Waals surface area contributed by atoms with Crippen molar-refractivity contribution in [3.8, 4) is 0 Å². The molecule has 6 nitrogen and oxygen atoms in total. The second-order valence-electron chi connectivity index (χ2n) is 4.96. The van der Waals surface area contributed by atoms with Crippen LogP contribution >= 0.6 is 0 Å². The first-order valence-electron chi connectivity index (χ1n) is 6.47. The number of carbonyl (C=O) groups is 2. The van der Waals surface area contributed by atoms with Crippen molar-refractivity contribution in [2.24, 2.45) is 16.9 Å². The third-order valence-corrected chi connectivity index (χ3v) is 3.55.